The standard InChI is InChI=1S/C17H17Cl2N3O4/c1-26-7-6-20-15-5-3-11(8-16(15)22(24)25)17(23)21-10-12-2-4-13(18)9-14(12)19/h2-5,8-9,20H,6-7,10H2,1H3,(H,21,23). The molecule has 0 atom stereocenters. The predicted octanol–water partition coefficient (Wildman–Crippen LogP) is 3.89. The minimum Gasteiger partial charge on any atom is -0.383 e. The second-order valence-corrected chi connectivity index (χ2v) is 6.17. The van der Waals surface area contributed by atoms with Gasteiger partial charge in [-0.25, -0.2) is 0 Å². The number of hydrogen-bond donors (Lipinski definition) is 2. The Hall–Kier alpha value is -2.35. The molecule has 0 heterocycles. The number of nitrogens with zero attached hydrogens (tertiary/aromatic N) is 1. The topological polar surface area (TPSA) is 93.5 Å². The molecular formula is C17H17Cl2N3O4. The maximum absolute atomic E-state index is 12.3. The van der Waals surface area contributed by atoms with Gasteiger partial charge in [-0.05, 0) is 29.8 Å². The van der Waals surface area contributed by atoms with Crippen molar-refractivity contribution in [2.75, 3.05) is 25.6 Å². The lowest BCUT2D eigenvalue weighted by Crippen LogP contribution is -2.23. The molecule has 0 aliphatic heterocycles. The van der Waals surface area contributed by atoms with E-state index in [2.05, 4.69) is 10.6 Å². The first kappa shape index (κ1) is 20.0. The van der Waals surface area contributed by atoms with Crippen molar-refractivity contribution in [2.45, 2.75) is 6.54 Å². The molecule has 0 radical (unpaired) electrons. The van der Waals surface area contributed by atoms with Crippen molar-refractivity contribution in [3.05, 3.63) is 67.7 Å². The number of nitrogens with one attached hydrogen (secondary N) is 2. The van der Waals surface area contributed by atoms with Crippen LogP contribution in [-0.4, -0.2) is 31.1 Å². The smallest absolute Gasteiger partial charge is 0.293 e. The minimum absolute atomic E-state index is 0.177. The lowest BCUT2D eigenvalue weighted by Gasteiger charge is -2.10. The summed E-state index contributed by atoms with van der Waals surface area (Å²) in [6.45, 7) is 0.996. The van der Waals surface area contributed by atoms with Crippen LogP contribution >= 0.6 is 23.2 Å². The van der Waals surface area contributed by atoms with Gasteiger partial charge < -0.3 is 15.4 Å². The molecule has 2 aromatic rings. The zero-order valence-corrected chi connectivity index (χ0v) is 15.4. The van der Waals surface area contributed by atoms with Crippen molar-refractivity contribution in [3.63, 3.8) is 0 Å². The zero-order valence-electron chi connectivity index (χ0n) is 13.9. The van der Waals surface area contributed by atoms with Crippen molar-refractivity contribution in [3.8, 4) is 0 Å². The molecule has 0 aromatic heterocycles. The fraction of sp³-hybridized carbons (Fsp3) is 0.235. The van der Waals surface area contributed by atoms with Gasteiger partial charge in [-0.2, -0.15) is 0 Å². The molecule has 0 aliphatic carbocycles. The molecule has 138 valence electrons. The SMILES string of the molecule is COCCNc1ccc(C(=O)NCc2ccc(Cl)cc2Cl)cc1[N+](=O)[O-]. The predicted molar refractivity (Wildman–Crippen MR) is 101 cm³/mol. The Labute approximate surface area is 160 Å². The molecule has 0 aliphatic rings. The molecule has 26 heavy (non-hydrogen) atoms. The number of hydrogen-bond acceptors (Lipinski definition) is 5. The molecule has 0 unspecified atom stereocenters. The highest BCUT2D eigenvalue weighted by Crippen LogP contribution is 2.26. The van der Waals surface area contributed by atoms with Crippen LogP contribution < -0.4 is 10.6 Å². The Morgan fingerprint density at radius 3 is 2.65 bits per heavy atom. The lowest BCUT2D eigenvalue weighted by atomic mass is 10.1. The molecule has 0 saturated heterocycles. The van der Waals surface area contributed by atoms with Crippen LogP contribution in [0.3, 0.4) is 0 Å². The Morgan fingerprint density at radius 1 is 1.23 bits per heavy atom. The van der Waals surface area contributed by atoms with Crippen LogP contribution in [0.2, 0.25) is 10.0 Å². The van der Waals surface area contributed by atoms with Crippen LogP contribution in [0, 0.1) is 10.1 Å². The minimum atomic E-state index is -0.540. The number of carbonyl (C=O) groups is 1. The third-order valence-electron chi connectivity index (χ3n) is 3.53. The molecule has 2 aromatic carbocycles. The van der Waals surface area contributed by atoms with Gasteiger partial charge in [0.05, 0.1) is 11.5 Å². The fourth-order valence-corrected chi connectivity index (χ4v) is 2.68. The summed E-state index contributed by atoms with van der Waals surface area (Å²) in [5, 5.41) is 17.8. The number of anilines is 1. The van der Waals surface area contributed by atoms with Crippen molar-refractivity contribution in [1.29, 1.82) is 0 Å². The van der Waals surface area contributed by atoms with E-state index in [9.17, 15) is 14.9 Å². The van der Waals surface area contributed by atoms with E-state index in [1.54, 1.807) is 18.2 Å². The molecule has 2 rings (SSSR count). The third-order valence-corrected chi connectivity index (χ3v) is 4.12. The highest BCUT2D eigenvalue weighted by atomic mass is 35.5. The number of benzene rings is 2. The van der Waals surface area contributed by atoms with E-state index in [-0.39, 0.29) is 17.8 Å². The van der Waals surface area contributed by atoms with Gasteiger partial charge in [0.2, 0.25) is 0 Å². The van der Waals surface area contributed by atoms with Crippen LogP contribution in [-0.2, 0) is 11.3 Å². The number of rotatable bonds is 8. The largest absolute Gasteiger partial charge is 0.383 e. The summed E-state index contributed by atoms with van der Waals surface area (Å²) < 4.78 is 4.90. The van der Waals surface area contributed by atoms with E-state index in [0.29, 0.717) is 34.4 Å². The molecular weight excluding hydrogens is 381 g/mol. The van der Waals surface area contributed by atoms with E-state index in [4.69, 9.17) is 27.9 Å². The Kier molecular flexibility index (Phi) is 7.20. The molecule has 0 spiro atoms. The van der Waals surface area contributed by atoms with Crippen LogP contribution in [0.15, 0.2) is 36.4 Å². The van der Waals surface area contributed by atoms with E-state index in [0.717, 1.165) is 0 Å². The van der Waals surface area contributed by atoms with Crippen LogP contribution in [0.25, 0.3) is 0 Å². The third kappa shape index (κ3) is 5.32. The molecule has 0 saturated carbocycles. The molecule has 1 amide bonds. The molecule has 0 bridgehead atoms. The van der Waals surface area contributed by atoms with Gasteiger partial charge in [0.25, 0.3) is 11.6 Å². The normalized spacial score (nSPS) is 10.4. The van der Waals surface area contributed by atoms with Crippen molar-refractivity contribution in [2.24, 2.45) is 0 Å². The summed E-state index contributed by atoms with van der Waals surface area (Å²) >= 11 is 11.9. The number of carbonyl (C=O) groups excluding carboxylic acids is 1. The van der Waals surface area contributed by atoms with Gasteiger partial charge in [0, 0.05) is 41.9 Å². The van der Waals surface area contributed by atoms with E-state index in [1.165, 1.54) is 25.3 Å². The first-order chi connectivity index (χ1) is 12.4. The summed E-state index contributed by atoms with van der Waals surface area (Å²) in [6, 6.07) is 9.19. The second kappa shape index (κ2) is 9.38. The van der Waals surface area contributed by atoms with Gasteiger partial charge in [0.1, 0.15) is 5.69 Å². The maximum Gasteiger partial charge on any atom is 0.293 e. The van der Waals surface area contributed by atoms with Crippen LogP contribution in [0.1, 0.15) is 15.9 Å². The monoisotopic (exact) mass is 397 g/mol. The molecule has 9 heteroatoms. The van der Waals surface area contributed by atoms with E-state index >= 15 is 0 Å². The van der Waals surface area contributed by atoms with Gasteiger partial charge in [0.15, 0.2) is 0 Å². The Bertz CT molecular complexity index is 815. The average Bonchev–Trinajstić information content (AvgIpc) is 2.61. The highest BCUT2D eigenvalue weighted by Gasteiger charge is 2.17. The van der Waals surface area contributed by atoms with Gasteiger partial charge in [-0.15, -0.1) is 0 Å². The first-order valence-corrected chi connectivity index (χ1v) is 8.41. The average molecular weight is 398 g/mol. The van der Waals surface area contributed by atoms with Crippen molar-refractivity contribution in [1.82, 2.24) is 5.32 Å². The number of methoxy groups -OCH3 is 1. The quantitative estimate of drug-likeness (QED) is 0.400. The number of halogens is 2. The van der Waals surface area contributed by atoms with Crippen LogP contribution in [0.4, 0.5) is 11.4 Å². The maximum atomic E-state index is 12.3. The number of amides is 1. The summed E-state index contributed by atoms with van der Waals surface area (Å²) in [7, 11) is 1.54. The van der Waals surface area contributed by atoms with Gasteiger partial charge in [-0.3, -0.25) is 14.9 Å². The second-order valence-electron chi connectivity index (χ2n) is 5.33. The zero-order chi connectivity index (χ0) is 19.1. The van der Waals surface area contributed by atoms with Crippen molar-refractivity contribution >= 4 is 40.5 Å². The Morgan fingerprint density at radius 2 is 2.00 bits per heavy atom. The highest BCUT2D eigenvalue weighted by molar-refractivity contribution is 6.35. The lowest BCUT2D eigenvalue weighted by molar-refractivity contribution is -0.384. The summed E-state index contributed by atoms with van der Waals surface area (Å²) in [4.78, 5) is 23.0. The number of nitro benzene ring substituents is 1. The Balaban J connectivity index is 2.10. The summed E-state index contributed by atoms with van der Waals surface area (Å²) in [6.07, 6.45) is 0. The molecule has 0 fully saturated rings. The first-order valence-electron chi connectivity index (χ1n) is 7.65. The van der Waals surface area contributed by atoms with Gasteiger partial charge in [-0.1, -0.05) is 29.3 Å². The molecule has 7 nitrogen and oxygen atoms in total. The fourth-order valence-electron chi connectivity index (χ4n) is 2.20. The van der Waals surface area contributed by atoms with Crippen LogP contribution in [0.5, 0.6) is 0 Å². The summed E-state index contributed by atoms with van der Waals surface area (Å²) in [5.41, 5.74) is 1.01. The van der Waals surface area contributed by atoms with Crippen molar-refractivity contribution < 1.29 is 14.5 Å². The van der Waals surface area contributed by atoms with E-state index < -0.39 is 10.8 Å². The number of nitro groups is 1. The number of ether oxygens (including phenoxy) is 1. The van der Waals surface area contributed by atoms with Gasteiger partial charge >= 0.3 is 0 Å². The summed E-state index contributed by atoms with van der Waals surface area (Å²) in [5.74, 6) is -0.442. The molecule has 2 N–H and O–H groups in total. The van der Waals surface area contributed by atoms with E-state index in [1.807, 2.05) is 0 Å².